The molecule has 1 N–H and O–H groups in total. The molecule has 0 radical (unpaired) electrons. The molecule has 0 spiro atoms. The zero-order valence-electron chi connectivity index (χ0n) is 17.1. The number of carbonyl (C=O) groups is 1. The normalized spacial score (nSPS) is 16.1. The third kappa shape index (κ3) is 6.10. The molecule has 2 aromatic carbocycles. The average Bonchev–Trinajstić information content (AvgIpc) is 2.76. The molecule has 2 heterocycles. The van der Waals surface area contributed by atoms with Gasteiger partial charge in [0.15, 0.2) is 6.61 Å². The third-order valence-electron chi connectivity index (χ3n) is 5.37. The van der Waals surface area contributed by atoms with Crippen LogP contribution >= 0.6 is 35.6 Å². The summed E-state index contributed by atoms with van der Waals surface area (Å²) in [7, 11) is 0. The lowest BCUT2D eigenvalue weighted by Crippen LogP contribution is -2.46. The second-order valence-corrected chi connectivity index (χ2v) is 8.24. The number of nitrogens with one attached hydrogen (secondary N) is 1. The van der Waals surface area contributed by atoms with E-state index in [0.717, 1.165) is 57.0 Å². The number of hydrogen-bond acceptors (Lipinski definition) is 5. The maximum atomic E-state index is 11.4. The number of piperazine rings is 1. The summed E-state index contributed by atoms with van der Waals surface area (Å²) in [5.41, 5.74) is 1.69. The van der Waals surface area contributed by atoms with Gasteiger partial charge in [-0.2, -0.15) is 0 Å². The first kappa shape index (κ1) is 23.8. The summed E-state index contributed by atoms with van der Waals surface area (Å²) >= 11 is 12.5. The van der Waals surface area contributed by atoms with Gasteiger partial charge in [-0.25, -0.2) is 0 Å². The van der Waals surface area contributed by atoms with Gasteiger partial charge in [0.2, 0.25) is 0 Å². The zero-order valence-corrected chi connectivity index (χ0v) is 19.4. The Morgan fingerprint density at radius 3 is 2.68 bits per heavy atom. The van der Waals surface area contributed by atoms with Crippen LogP contribution in [0.2, 0.25) is 10.0 Å². The minimum atomic E-state index is -0.141. The van der Waals surface area contributed by atoms with E-state index < -0.39 is 0 Å². The zero-order chi connectivity index (χ0) is 20.9. The van der Waals surface area contributed by atoms with E-state index in [9.17, 15) is 4.79 Å². The molecule has 31 heavy (non-hydrogen) atoms. The molecule has 2 aliphatic rings. The first-order valence-electron chi connectivity index (χ1n) is 10.2. The number of carbonyl (C=O) groups excluding carboxylic acids is 1. The number of fused-ring (bicyclic) bond motifs is 1. The van der Waals surface area contributed by atoms with Gasteiger partial charge in [-0.1, -0.05) is 29.3 Å². The molecule has 0 aromatic heterocycles. The minimum absolute atomic E-state index is 0. The summed E-state index contributed by atoms with van der Waals surface area (Å²) in [4.78, 5) is 16.2. The van der Waals surface area contributed by atoms with Crippen LogP contribution in [0.4, 0.5) is 11.4 Å². The Balaban J connectivity index is 0.00000272. The monoisotopic (exact) mass is 485 g/mol. The van der Waals surface area contributed by atoms with Crippen molar-refractivity contribution in [3.63, 3.8) is 0 Å². The van der Waals surface area contributed by atoms with Gasteiger partial charge in [0.1, 0.15) is 11.5 Å². The minimum Gasteiger partial charge on any atom is -0.494 e. The number of ether oxygens (including phenoxy) is 2. The van der Waals surface area contributed by atoms with Crippen LogP contribution < -0.4 is 19.7 Å². The Bertz CT molecular complexity index is 905. The molecule has 0 atom stereocenters. The van der Waals surface area contributed by atoms with E-state index in [1.807, 2.05) is 36.4 Å². The van der Waals surface area contributed by atoms with Crippen molar-refractivity contribution >= 4 is 52.9 Å². The molecule has 2 aliphatic heterocycles. The van der Waals surface area contributed by atoms with E-state index in [1.165, 1.54) is 0 Å². The Hall–Kier alpha value is -1.86. The van der Waals surface area contributed by atoms with E-state index in [4.69, 9.17) is 32.7 Å². The van der Waals surface area contributed by atoms with Crippen LogP contribution in [0.25, 0.3) is 0 Å². The number of amides is 1. The van der Waals surface area contributed by atoms with Gasteiger partial charge in [-0.3, -0.25) is 9.69 Å². The highest BCUT2D eigenvalue weighted by molar-refractivity contribution is 6.43. The molecule has 2 aromatic rings. The number of nitrogens with zero attached hydrogens (tertiary/aromatic N) is 2. The Morgan fingerprint density at radius 2 is 1.87 bits per heavy atom. The van der Waals surface area contributed by atoms with Crippen molar-refractivity contribution in [2.75, 3.05) is 56.2 Å². The molecular weight excluding hydrogens is 461 g/mol. The number of anilines is 2. The molecule has 168 valence electrons. The van der Waals surface area contributed by atoms with Crippen molar-refractivity contribution in [1.29, 1.82) is 0 Å². The predicted octanol–water partition coefficient (Wildman–Crippen LogP) is 4.73. The van der Waals surface area contributed by atoms with Crippen LogP contribution in [-0.4, -0.2) is 56.7 Å². The predicted molar refractivity (Wildman–Crippen MR) is 128 cm³/mol. The van der Waals surface area contributed by atoms with Crippen molar-refractivity contribution in [2.45, 2.75) is 12.8 Å². The van der Waals surface area contributed by atoms with E-state index in [1.54, 1.807) is 0 Å². The van der Waals surface area contributed by atoms with Crippen molar-refractivity contribution < 1.29 is 14.3 Å². The van der Waals surface area contributed by atoms with E-state index in [-0.39, 0.29) is 24.9 Å². The first-order chi connectivity index (χ1) is 14.6. The van der Waals surface area contributed by atoms with Gasteiger partial charge in [-0.15, -0.1) is 12.4 Å². The Kier molecular flexibility index (Phi) is 8.55. The number of unbranched alkanes of at least 4 members (excludes halogenated alkanes) is 1. The fraction of sp³-hybridized carbons (Fsp3) is 0.409. The molecule has 0 bridgehead atoms. The fourth-order valence-electron chi connectivity index (χ4n) is 3.73. The number of hydrogen-bond donors (Lipinski definition) is 1. The highest BCUT2D eigenvalue weighted by Gasteiger charge is 2.19. The van der Waals surface area contributed by atoms with Crippen molar-refractivity contribution in [1.82, 2.24) is 4.90 Å². The SMILES string of the molecule is Cl.O=C1COc2ccc(OCCCCN3CCN(c4cccc(Cl)c4Cl)CC3)cc2N1. The van der Waals surface area contributed by atoms with Gasteiger partial charge in [0, 0.05) is 32.2 Å². The van der Waals surface area contributed by atoms with Gasteiger partial charge in [-0.05, 0) is 43.7 Å². The smallest absolute Gasteiger partial charge is 0.262 e. The molecule has 4 rings (SSSR count). The highest BCUT2D eigenvalue weighted by atomic mass is 35.5. The van der Waals surface area contributed by atoms with Gasteiger partial charge < -0.3 is 19.7 Å². The van der Waals surface area contributed by atoms with E-state index in [0.29, 0.717) is 28.1 Å². The number of benzene rings is 2. The lowest BCUT2D eigenvalue weighted by molar-refractivity contribution is -0.118. The van der Waals surface area contributed by atoms with Crippen molar-refractivity contribution in [3.8, 4) is 11.5 Å². The van der Waals surface area contributed by atoms with Crippen LogP contribution in [0.1, 0.15) is 12.8 Å². The lowest BCUT2D eigenvalue weighted by atomic mass is 10.2. The van der Waals surface area contributed by atoms with Gasteiger partial charge >= 0.3 is 0 Å². The molecule has 1 amide bonds. The lowest BCUT2D eigenvalue weighted by Gasteiger charge is -2.36. The summed E-state index contributed by atoms with van der Waals surface area (Å²) in [6.07, 6.45) is 2.04. The molecule has 0 unspecified atom stereocenters. The highest BCUT2D eigenvalue weighted by Crippen LogP contribution is 2.33. The van der Waals surface area contributed by atoms with Crippen LogP contribution in [0.15, 0.2) is 36.4 Å². The third-order valence-corrected chi connectivity index (χ3v) is 6.17. The van der Waals surface area contributed by atoms with Crippen LogP contribution in [0.3, 0.4) is 0 Å². The number of rotatable bonds is 7. The van der Waals surface area contributed by atoms with Crippen molar-refractivity contribution in [3.05, 3.63) is 46.4 Å². The van der Waals surface area contributed by atoms with Crippen LogP contribution in [0, 0.1) is 0 Å². The van der Waals surface area contributed by atoms with Crippen LogP contribution in [-0.2, 0) is 4.79 Å². The summed E-state index contributed by atoms with van der Waals surface area (Å²) in [6.45, 7) is 5.66. The van der Waals surface area contributed by atoms with Gasteiger partial charge in [0.05, 0.1) is 28.0 Å². The summed E-state index contributed by atoms with van der Waals surface area (Å²) < 4.78 is 11.2. The molecule has 0 aliphatic carbocycles. The fourth-order valence-corrected chi connectivity index (χ4v) is 4.14. The van der Waals surface area contributed by atoms with E-state index in [2.05, 4.69) is 15.1 Å². The average molecular weight is 487 g/mol. The molecule has 1 fully saturated rings. The molecule has 0 saturated carbocycles. The molecule has 1 saturated heterocycles. The molecule has 6 nitrogen and oxygen atoms in total. The molecular formula is C22H26Cl3N3O3. The summed E-state index contributed by atoms with van der Waals surface area (Å²) in [6, 6.07) is 11.3. The summed E-state index contributed by atoms with van der Waals surface area (Å²) in [5.74, 6) is 1.28. The number of halogens is 3. The topological polar surface area (TPSA) is 54.0 Å². The Morgan fingerprint density at radius 1 is 1.06 bits per heavy atom. The summed E-state index contributed by atoms with van der Waals surface area (Å²) in [5, 5.41) is 4.04. The second kappa shape index (κ2) is 11.1. The Labute approximate surface area is 198 Å². The maximum Gasteiger partial charge on any atom is 0.262 e. The van der Waals surface area contributed by atoms with Crippen molar-refractivity contribution in [2.24, 2.45) is 0 Å². The quantitative estimate of drug-likeness (QED) is 0.574. The largest absolute Gasteiger partial charge is 0.494 e. The van der Waals surface area contributed by atoms with E-state index >= 15 is 0 Å². The first-order valence-corrected chi connectivity index (χ1v) is 11.0. The standard InChI is InChI=1S/C22H25Cl2N3O3.ClH/c23-17-4-3-5-19(22(17)24)27-11-9-26(10-12-27)8-1-2-13-29-16-6-7-20-18(14-16)25-21(28)15-30-20;/h3-7,14H,1-2,8-13,15H2,(H,25,28);1H. The maximum absolute atomic E-state index is 11.4. The van der Waals surface area contributed by atoms with Gasteiger partial charge in [0.25, 0.3) is 5.91 Å². The molecule has 9 heteroatoms. The second-order valence-electron chi connectivity index (χ2n) is 7.45. The van der Waals surface area contributed by atoms with Crippen LogP contribution in [0.5, 0.6) is 11.5 Å².